The zero-order chi connectivity index (χ0) is 11.7. The molecule has 0 unspecified atom stereocenters. The van der Waals surface area contributed by atoms with Gasteiger partial charge in [0.25, 0.3) is 0 Å². The molecule has 2 aromatic heterocycles. The molecule has 84 valence electrons. The van der Waals surface area contributed by atoms with E-state index in [0.717, 1.165) is 9.86 Å². The molecular weight excluding hydrogens is 272 g/mol. The van der Waals surface area contributed by atoms with Crippen LogP contribution in [0.1, 0.15) is 25.6 Å². The van der Waals surface area contributed by atoms with Crippen molar-refractivity contribution in [1.29, 1.82) is 0 Å². The maximum atomic E-state index is 10.9. The van der Waals surface area contributed by atoms with Crippen LogP contribution >= 0.6 is 15.9 Å². The molecule has 5 heteroatoms. The summed E-state index contributed by atoms with van der Waals surface area (Å²) in [5, 5.41) is 3.68. The fourth-order valence-electron chi connectivity index (χ4n) is 1.51. The van der Waals surface area contributed by atoms with Crippen LogP contribution in [0.15, 0.2) is 27.2 Å². The number of hydrogen-bond donors (Lipinski definition) is 1. The van der Waals surface area contributed by atoms with Gasteiger partial charge in [-0.25, -0.2) is 4.98 Å². The summed E-state index contributed by atoms with van der Waals surface area (Å²) in [5.74, 6) is 0.623. The first-order chi connectivity index (χ1) is 7.56. The molecule has 0 aliphatic heterocycles. The summed E-state index contributed by atoms with van der Waals surface area (Å²) < 4.78 is 6.44. The van der Waals surface area contributed by atoms with Crippen molar-refractivity contribution in [2.24, 2.45) is 0 Å². The van der Waals surface area contributed by atoms with Crippen LogP contribution in [0.25, 0.3) is 11.1 Å². The van der Waals surface area contributed by atoms with Crippen molar-refractivity contribution >= 4 is 32.9 Å². The summed E-state index contributed by atoms with van der Waals surface area (Å²) in [6, 6.07) is 3.66. The summed E-state index contributed by atoms with van der Waals surface area (Å²) in [7, 11) is 0. The van der Waals surface area contributed by atoms with Gasteiger partial charge in [0.2, 0.25) is 11.6 Å². The molecular formula is C11H11BrN2O2. The highest BCUT2D eigenvalue weighted by atomic mass is 79.9. The molecule has 16 heavy (non-hydrogen) atoms. The van der Waals surface area contributed by atoms with Crippen molar-refractivity contribution in [3.8, 4) is 0 Å². The van der Waals surface area contributed by atoms with E-state index in [9.17, 15) is 4.79 Å². The Labute approximate surface area is 101 Å². The van der Waals surface area contributed by atoms with Gasteiger partial charge in [0.1, 0.15) is 5.76 Å². The highest BCUT2D eigenvalue weighted by Gasteiger charge is 2.12. The lowest BCUT2D eigenvalue weighted by Crippen LogP contribution is -2.23. The fraction of sp³-hybridized carbons (Fsp3) is 0.273. The fourth-order valence-corrected chi connectivity index (χ4v) is 1.86. The van der Waals surface area contributed by atoms with Crippen LogP contribution < -0.4 is 5.32 Å². The molecule has 0 saturated carbocycles. The molecule has 0 saturated heterocycles. The third-order valence-corrected chi connectivity index (χ3v) is 2.64. The topological polar surface area (TPSA) is 55.1 Å². The normalized spacial score (nSPS) is 12.7. The van der Waals surface area contributed by atoms with E-state index in [4.69, 9.17) is 4.42 Å². The maximum absolute atomic E-state index is 10.9. The molecule has 0 radical (unpaired) electrons. The number of nitrogens with one attached hydrogen (secondary N) is 1. The van der Waals surface area contributed by atoms with E-state index in [-0.39, 0.29) is 11.9 Å². The minimum absolute atomic E-state index is 0.0814. The SMILES string of the molecule is CC(=O)N[C@@H](C)c1cc2cc(Br)cnc2o1. The Morgan fingerprint density at radius 3 is 3.00 bits per heavy atom. The van der Waals surface area contributed by atoms with Gasteiger partial charge in [-0.1, -0.05) is 0 Å². The van der Waals surface area contributed by atoms with Crippen LogP contribution in [0.3, 0.4) is 0 Å². The van der Waals surface area contributed by atoms with Gasteiger partial charge in [-0.3, -0.25) is 4.79 Å². The zero-order valence-electron chi connectivity index (χ0n) is 8.95. The third kappa shape index (κ3) is 2.24. The van der Waals surface area contributed by atoms with E-state index in [2.05, 4.69) is 26.2 Å². The summed E-state index contributed by atoms with van der Waals surface area (Å²) in [6.45, 7) is 3.35. The Balaban J connectivity index is 2.35. The standard InChI is InChI=1S/C11H11BrN2O2/c1-6(14-7(2)15)10-4-8-3-9(12)5-13-11(8)16-10/h3-6H,1-2H3,(H,14,15)/t6-/m0/s1. The molecule has 4 nitrogen and oxygen atoms in total. The molecule has 0 bridgehead atoms. The first-order valence-corrected chi connectivity index (χ1v) is 5.67. The second kappa shape index (κ2) is 4.25. The number of carbonyl (C=O) groups is 1. The number of pyridine rings is 1. The van der Waals surface area contributed by atoms with Gasteiger partial charge in [0, 0.05) is 23.0 Å². The molecule has 1 atom stereocenters. The molecule has 1 amide bonds. The van der Waals surface area contributed by atoms with Crippen LogP contribution in [-0.4, -0.2) is 10.9 Å². The summed E-state index contributed by atoms with van der Waals surface area (Å²) in [6.07, 6.45) is 1.68. The maximum Gasteiger partial charge on any atom is 0.226 e. The van der Waals surface area contributed by atoms with Crippen molar-refractivity contribution in [2.75, 3.05) is 0 Å². The lowest BCUT2D eigenvalue weighted by molar-refractivity contribution is -0.119. The van der Waals surface area contributed by atoms with Crippen LogP contribution in [0.5, 0.6) is 0 Å². The number of nitrogens with zero attached hydrogens (tertiary/aromatic N) is 1. The van der Waals surface area contributed by atoms with E-state index in [1.54, 1.807) is 6.20 Å². The number of halogens is 1. The van der Waals surface area contributed by atoms with Gasteiger partial charge < -0.3 is 9.73 Å². The van der Waals surface area contributed by atoms with Crippen molar-refractivity contribution in [3.63, 3.8) is 0 Å². The largest absolute Gasteiger partial charge is 0.441 e. The van der Waals surface area contributed by atoms with Gasteiger partial charge in [-0.05, 0) is 35.0 Å². The second-order valence-corrected chi connectivity index (χ2v) is 4.53. The van der Waals surface area contributed by atoms with Crippen molar-refractivity contribution in [3.05, 3.63) is 28.6 Å². The first-order valence-electron chi connectivity index (χ1n) is 4.88. The quantitative estimate of drug-likeness (QED) is 0.922. The minimum atomic E-state index is -0.148. The summed E-state index contributed by atoms with van der Waals surface area (Å²) in [4.78, 5) is 15.1. The Morgan fingerprint density at radius 2 is 2.31 bits per heavy atom. The molecule has 0 spiro atoms. The molecule has 0 aliphatic rings. The number of fused-ring (bicyclic) bond motifs is 1. The number of rotatable bonds is 2. The highest BCUT2D eigenvalue weighted by Crippen LogP contribution is 2.24. The van der Waals surface area contributed by atoms with Gasteiger partial charge in [-0.15, -0.1) is 0 Å². The molecule has 2 heterocycles. The summed E-state index contributed by atoms with van der Waals surface area (Å²) >= 11 is 3.35. The van der Waals surface area contributed by atoms with Crippen LogP contribution in [0.2, 0.25) is 0 Å². The number of furan rings is 1. The van der Waals surface area contributed by atoms with Gasteiger partial charge in [0.05, 0.1) is 6.04 Å². The number of hydrogen-bond acceptors (Lipinski definition) is 3. The highest BCUT2D eigenvalue weighted by molar-refractivity contribution is 9.10. The van der Waals surface area contributed by atoms with Gasteiger partial charge >= 0.3 is 0 Å². The predicted molar refractivity (Wildman–Crippen MR) is 63.9 cm³/mol. The Morgan fingerprint density at radius 1 is 1.56 bits per heavy atom. The number of aromatic nitrogens is 1. The Kier molecular flexibility index (Phi) is 2.96. The average molecular weight is 283 g/mol. The monoisotopic (exact) mass is 282 g/mol. The smallest absolute Gasteiger partial charge is 0.226 e. The van der Waals surface area contributed by atoms with E-state index in [1.165, 1.54) is 6.92 Å². The van der Waals surface area contributed by atoms with Crippen molar-refractivity contribution in [2.45, 2.75) is 19.9 Å². The van der Waals surface area contributed by atoms with Crippen LogP contribution in [0.4, 0.5) is 0 Å². The second-order valence-electron chi connectivity index (χ2n) is 3.62. The molecule has 0 aliphatic carbocycles. The Bertz CT molecular complexity index is 536. The van der Waals surface area contributed by atoms with E-state index >= 15 is 0 Å². The minimum Gasteiger partial charge on any atom is -0.441 e. The molecule has 0 aromatic carbocycles. The van der Waals surface area contributed by atoms with Crippen LogP contribution in [-0.2, 0) is 4.79 Å². The first kappa shape index (κ1) is 11.1. The van der Waals surface area contributed by atoms with Gasteiger partial charge in [-0.2, -0.15) is 0 Å². The van der Waals surface area contributed by atoms with Crippen molar-refractivity contribution < 1.29 is 9.21 Å². The average Bonchev–Trinajstić information content (AvgIpc) is 2.59. The zero-order valence-corrected chi connectivity index (χ0v) is 10.5. The Hall–Kier alpha value is -1.36. The molecule has 2 rings (SSSR count). The third-order valence-electron chi connectivity index (χ3n) is 2.20. The summed E-state index contributed by atoms with van der Waals surface area (Å²) in [5.41, 5.74) is 0.579. The van der Waals surface area contributed by atoms with E-state index in [1.807, 2.05) is 19.1 Å². The van der Waals surface area contributed by atoms with Crippen molar-refractivity contribution in [1.82, 2.24) is 10.3 Å². The molecule has 0 fully saturated rings. The predicted octanol–water partition coefficient (Wildman–Crippen LogP) is 2.79. The van der Waals surface area contributed by atoms with E-state index in [0.29, 0.717) is 11.5 Å². The number of amides is 1. The lowest BCUT2D eigenvalue weighted by atomic mass is 10.2. The van der Waals surface area contributed by atoms with Crippen LogP contribution in [0, 0.1) is 0 Å². The molecule has 1 N–H and O–H groups in total. The van der Waals surface area contributed by atoms with E-state index < -0.39 is 0 Å². The number of carbonyl (C=O) groups excluding carboxylic acids is 1. The lowest BCUT2D eigenvalue weighted by Gasteiger charge is -2.07. The van der Waals surface area contributed by atoms with Gasteiger partial charge in [0.15, 0.2) is 0 Å². The molecule has 2 aromatic rings.